The first kappa shape index (κ1) is 30.8. The molecule has 0 amide bonds. The molecule has 0 bridgehead atoms. The van der Waals surface area contributed by atoms with Gasteiger partial charge in [-0.25, -0.2) is 19.3 Å². The number of aliphatic hydroxyl groups excluding tert-OH is 1. The first-order valence-corrected chi connectivity index (χ1v) is 18.2. The molecule has 254 valence electrons. The Labute approximate surface area is 282 Å². The molecular formula is C37H47FN8O2. The zero-order valence-electron chi connectivity index (χ0n) is 28.1. The lowest BCUT2D eigenvalue weighted by Gasteiger charge is -2.57. The van der Waals surface area contributed by atoms with E-state index in [2.05, 4.69) is 53.7 Å². The lowest BCUT2D eigenvalue weighted by atomic mass is 9.66. The summed E-state index contributed by atoms with van der Waals surface area (Å²) in [4.78, 5) is 21.1. The largest absolute Gasteiger partial charge is 0.434 e. The number of β-amino-alcohol motifs (C(OH)–C–C–N with tert-alkyl or cyclic N) is 1. The molecule has 2 spiro atoms. The van der Waals surface area contributed by atoms with E-state index in [0.29, 0.717) is 46.9 Å². The fourth-order valence-corrected chi connectivity index (χ4v) is 9.94. The van der Waals surface area contributed by atoms with Crippen LogP contribution in [0.3, 0.4) is 0 Å². The molecule has 3 aromatic rings. The topological polar surface area (TPSA) is 104 Å². The summed E-state index contributed by atoms with van der Waals surface area (Å²) in [5, 5.41) is 19.2. The monoisotopic (exact) mass is 654 g/mol. The van der Waals surface area contributed by atoms with E-state index in [1.807, 2.05) is 0 Å². The third-order valence-electron chi connectivity index (χ3n) is 12.8. The number of likely N-dealkylation sites (tertiary alicyclic amines) is 2. The maximum absolute atomic E-state index is 14.6. The lowest BCUT2D eigenvalue weighted by Crippen LogP contribution is -2.65. The second kappa shape index (κ2) is 11.7. The van der Waals surface area contributed by atoms with Crippen molar-refractivity contribution in [1.29, 1.82) is 0 Å². The minimum absolute atomic E-state index is 0.126. The van der Waals surface area contributed by atoms with E-state index < -0.39 is 0 Å². The number of hydrogen-bond donors (Lipinski definition) is 1. The van der Waals surface area contributed by atoms with Crippen LogP contribution in [0.1, 0.15) is 76.8 Å². The number of rotatable bonds is 9. The average Bonchev–Trinajstić information content (AvgIpc) is 3.68. The first-order chi connectivity index (χ1) is 23.3. The van der Waals surface area contributed by atoms with E-state index in [4.69, 9.17) is 4.74 Å². The smallest absolute Gasteiger partial charge is 0.282 e. The molecule has 11 heteroatoms. The summed E-state index contributed by atoms with van der Waals surface area (Å²) < 4.78 is 21.0. The van der Waals surface area contributed by atoms with Gasteiger partial charge in [-0.1, -0.05) is 20.3 Å². The molecule has 48 heavy (non-hydrogen) atoms. The number of aromatic nitrogens is 5. The Bertz CT molecular complexity index is 1670. The van der Waals surface area contributed by atoms with Crippen LogP contribution in [-0.2, 0) is 0 Å². The van der Waals surface area contributed by atoms with E-state index in [-0.39, 0.29) is 22.8 Å². The van der Waals surface area contributed by atoms with Gasteiger partial charge < -0.3 is 14.7 Å². The normalized spacial score (nSPS) is 28.4. The number of halogens is 1. The predicted molar refractivity (Wildman–Crippen MR) is 179 cm³/mol. The summed E-state index contributed by atoms with van der Waals surface area (Å²) in [5.74, 6) is 2.87. The van der Waals surface area contributed by atoms with E-state index in [9.17, 15) is 9.50 Å². The minimum Gasteiger partial charge on any atom is -0.434 e. The molecular weight excluding hydrogens is 607 g/mol. The zero-order valence-corrected chi connectivity index (χ0v) is 28.1. The van der Waals surface area contributed by atoms with E-state index in [1.165, 1.54) is 50.6 Å². The van der Waals surface area contributed by atoms with Crippen LogP contribution >= 0.6 is 0 Å². The summed E-state index contributed by atoms with van der Waals surface area (Å²) in [6.07, 6.45) is 14.1. The molecule has 1 aromatic carbocycles. The van der Waals surface area contributed by atoms with Crippen LogP contribution in [0.2, 0.25) is 0 Å². The van der Waals surface area contributed by atoms with Crippen molar-refractivity contribution >= 4 is 5.82 Å². The quantitative estimate of drug-likeness (QED) is 0.327. The van der Waals surface area contributed by atoms with Crippen molar-refractivity contribution in [2.24, 2.45) is 22.7 Å². The standard InChI is InChI=1S/C37H47FN8O2/c1-23(2)33(25-12-27(13-25)45-16-31(47)37(20-45)8-3-9-37)46-18-36(19-46)10-11-44(17-36)34-35(43-42-22-41-34)48-30-7-6-26(38)14-28(30)29-15-39-21-40-32(29)24-4-5-24/h6-7,14-15,21-25,27,31,33,47H,3-5,8-13,16-20H2,1-2H3/t25?,27?,31-,33+/m1/s1. The second-order valence-electron chi connectivity index (χ2n) is 16.3. The molecule has 3 saturated heterocycles. The van der Waals surface area contributed by atoms with Crippen molar-refractivity contribution in [3.05, 3.63) is 48.6 Å². The zero-order chi connectivity index (χ0) is 32.6. The highest BCUT2D eigenvalue weighted by atomic mass is 19.1. The molecule has 9 rings (SSSR count). The summed E-state index contributed by atoms with van der Waals surface area (Å²) in [7, 11) is 0. The number of aliphatic hydroxyl groups is 1. The number of hydrogen-bond acceptors (Lipinski definition) is 10. The van der Waals surface area contributed by atoms with Gasteiger partial charge in [0.25, 0.3) is 5.88 Å². The summed E-state index contributed by atoms with van der Waals surface area (Å²) in [6, 6.07) is 5.79. The maximum Gasteiger partial charge on any atom is 0.282 e. The van der Waals surface area contributed by atoms with Crippen LogP contribution in [0.4, 0.5) is 10.2 Å². The first-order valence-electron chi connectivity index (χ1n) is 18.2. The third kappa shape index (κ3) is 5.28. The molecule has 3 aliphatic heterocycles. The highest BCUT2D eigenvalue weighted by molar-refractivity contribution is 5.73. The van der Waals surface area contributed by atoms with Gasteiger partial charge in [0, 0.05) is 85.4 Å². The Morgan fingerprint density at radius 2 is 1.83 bits per heavy atom. The van der Waals surface area contributed by atoms with E-state index in [0.717, 1.165) is 75.7 Å². The highest BCUT2D eigenvalue weighted by Gasteiger charge is 2.56. The van der Waals surface area contributed by atoms with Crippen molar-refractivity contribution < 1.29 is 14.2 Å². The molecule has 0 radical (unpaired) electrons. The molecule has 2 atom stereocenters. The van der Waals surface area contributed by atoms with Crippen LogP contribution in [0, 0.1) is 28.5 Å². The molecule has 3 aliphatic carbocycles. The van der Waals surface area contributed by atoms with Gasteiger partial charge in [-0.2, -0.15) is 0 Å². The van der Waals surface area contributed by atoms with Gasteiger partial charge in [0.05, 0.1) is 11.8 Å². The van der Waals surface area contributed by atoms with Gasteiger partial charge in [0.1, 0.15) is 24.2 Å². The predicted octanol–water partition coefficient (Wildman–Crippen LogP) is 5.30. The molecule has 6 fully saturated rings. The molecule has 0 unspecified atom stereocenters. The van der Waals surface area contributed by atoms with Gasteiger partial charge in [-0.05, 0) is 75.0 Å². The van der Waals surface area contributed by atoms with Crippen molar-refractivity contribution in [3.8, 4) is 22.8 Å². The SMILES string of the molecule is CC(C)[C@@H](C1CC(N2C[C@@H](O)C3(CCC3)C2)C1)N1CC2(CCN(c3ncnnc3Oc3ccc(F)cc3-c3cncnc3C3CC3)C2)C1. The Morgan fingerprint density at radius 3 is 2.56 bits per heavy atom. The van der Waals surface area contributed by atoms with Crippen LogP contribution in [-0.4, -0.2) is 97.5 Å². The summed E-state index contributed by atoms with van der Waals surface area (Å²) in [6.45, 7) is 10.8. The molecule has 1 N–H and O–H groups in total. The summed E-state index contributed by atoms with van der Waals surface area (Å²) in [5.41, 5.74) is 2.78. The van der Waals surface area contributed by atoms with Crippen molar-refractivity contribution in [3.63, 3.8) is 0 Å². The second-order valence-corrected chi connectivity index (χ2v) is 16.3. The van der Waals surface area contributed by atoms with Gasteiger partial charge in [0.2, 0.25) is 0 Å². The Hall–Kier alpha value is -3.28. The number of nitrogens with zero attached hydrogens (tertiary/aromatic N) is 8. The lowest BCUT2D eigenvalue weighted by molar-refractivity contribution is -0.0795. The number of anilines is 1. The van der Waals surface area contributed by atoms with Gasteiger partial charge >= 0.3 is 0 Å². The summed E-state index contributed by atoms with van der Waals surface area (Å²) >= 11 is 0. The van der Waals surface area contributed by atoms with Crippen molar-refractivity contribution in [2.45, 2.75) is 89.3 Å². The minimum atomic E-state index is -0.342. The maximum atomic E-state index is 14.6. The van der Waals surface area contributed by atoms with E-state index in [1.54, 1.807) is 18.6 Å². The fourth-order valence-electron chi connectivity index (χ4n) is 9.94. The van der Waals surface area contributed by atoms with Crippen LogP contribution in [0.15, 0.2) is 37.1 Å². The Balaban J connectivity index is 0.866. The van der Waals surface area contributed by atoms with Crippen LogP contribution < -0.4 is 9.64 Å². The van der Waals surface area contributed by atoms with Gasteiger partial charge in [-0.3, -0.25) is 9.80 Å². The molecule has 5 heterocycles. The molecule has 6 aliphatic rings. The molecule has 2 aromatic heterocycles. The number of ether oxygens (including phenoxy) is 1. The number of benzene rings is 1. The average molecular weight is 655 g/mol. The van der Waals surface area contributed by atoms with Crippen LogP contribution in [0.5, 0.6) is 11.6 Å². The fraction of sp³-hybridized carbons (Fsp3) is 0.649. The highest BCUT2D eigenvalue weighted by Crippen LogP contribution is 2.52. The third-order valence-corrected chi connectivity index (χ3v) is 12.8. The Kier molecular flexibility index (Phi) is 7.47. The Morgan fingerprint density at radius 1 is 1.00 bits per heavy atom. The van der Waals surface area contributed by atoms with Gasteiger partial charge in [-0.15, -0.1) is 10.2 Å². The molecule has 10 nitrogen and oxygen atoms in total. The molecule has 3 saturated carbocycles. The van der Waals surface area contributed by atoms with Gasteiger partial charge in [0.15, 0.2) is 5.82 Å². The van der Waals surface area contributed by atoms with Crippen molar-refractivity contribution in [1.82, 2.24) is 34.9 Å². The van der Waals surface area contributed by atoms with Crippen LogP contribution in [0.25, 0.3) is 11.1 Å². The van der Waals surface area contributed by atoms with Crippen molar-refractivity contribution in [2.75, 3.05) is 44.2 Å². The van der Waals surface area contributed by atoms with E-state index >= 15 is 0 Å².